The zero-order chi connectivity index (χ0) is 13.6. The minimum absolute atomic E-state index is 0.0241. The van der Waals surface area contributed by atoms with E-state index in [-0.39, 0.29) is 25.7 Å². The molecule has 2 fully saturated rings. The molecule has 106 valence electrons. The summed E-state index contributed by atoms with van der Waals surface area (Å²) in [6, 6.07) is -0.672. The second kappa shape index (κ2) is 4.28. The molecule has 0 saturated heterocycles. The fourth-order valence-electron chi connectivity index (χ4n) is 2.64. The fourth-order valence-corrected chi connectivity index (χ4v) is 2.64. The first-order valence-electron chi connectivity index (χ1n) is 6.05. The van der Waals surface area contributed by atoms with Gasteiger partial charge in [-0.15, -0.1) is 0 Å². The van der Waals surface area contributed by atoms with Crippen molar-refractivity contribution in [1.82, 2.24) is 5.32 Å². The second-order valence-corrected chi connectivity index (χ2v) is 5.33. The molecular formula is C11H15F6N. The van der Waals surface area contributed by atoms with E-state index in [1.807, 2.05) is 0 Å². The SMILES string of the molecule is FC(F)(F)C1CCCC(NC2(C(F)(F)F)CC2)C1. The molecule has 0 radical (unpaired) electrons. The topological polar surface area (TPSA) is 12.0 Å². The maximum Gasteiger partial charge on any atom is 0.406 e. The summed E-state index contributed by atoms with van der Waals surface area (Å²) in [6.07, 6.45) is -8.19. The van der Waals surface area contributed by atoms with E-state index >= 15 is 0 Å². The van der Waals surface area contributed by atoms with Gasteiger partial charge in [0.1, 0.15) is 5.54 Å². The predicted octanol–water partition coefficient (Wildman–Crippen LogP) is 3.79. The Labute approximate surface area is 101 Å². The monoisotopic (exact) mass is 275 g/mol. The van der Waals surface area contributed by atoms with Crippen molar-refractivity contribution in [3.05, 3.63) is 0 Å². The molecule has 2 aliphatic carbocycles. The zero-order valence-corrected chi connectivity index (χ0v) is 9.67. The molecular weight excluding hydrogens is 260 g/mol. The van der Waals surface area contributed by atoms with E-state index in [0.717, 1.165) is 0 Å². The predicted molar refractivity (Wildman–Crippen MR) is 53.0 cm³/mol. The van der Waals surface area contributed by atoms with Gasteiger partial charge in [0.2, 0.25) is 0 Å². The molecule has 2 aliphatic rings. The van der Waals surface area contributed by atoms with Gasteiger partial charge >= 0.3 is 12.4 Å². The molecule has 2 rings (SSSR count). The molecule has 0 amide bonds. The van der Waals surface area contributed by atoms with Crippen LogP contribution in [-0.2, 0) is 0 Å². The van der Waals surface area contributed by atoms with Crippen LogP contribution in [0.3, 0.4) is 0 Å². The molecule has 2 saturated carbocycles. The molecule has 1 N–H and O–H groups in total. The normalized spacial score (nSPS) is 32.3. The quantitative estimate of drug-likeness (QED) is 0.756. The fraction of sp³-hybridized carbons (Fsp3) is 1.00. The summed E-state index contributed by atoms with van der Waals surface area (Å²) in [7, 11) is 0. The van der Waals surface area contributed by atoms with E-state index in [1.165, 1.54) is 0 Å². The van der Waals surface area contributed by atoms with E-state index in [4.69, 9.17) is 0 Å². The van der Waals surface area contributed by atoms with E-state index < -0.39 is 29.9 Å². The molecule has 0 bridgehead atoms. The first-order chi connectivity index (χ1) is 8.14. The number of hydrogen-bond acceptors (Lipinski definition) is 1. The van der Waals surface area contributed by atoms with Crippen molar-refractivity contribution in [2.45, 2.75) is 62.5 Å². The Balaban J connectivity index is 1.95. The number of nitrogens with one attached hydrogen (secondary N) is 1. The number of rotatable bonds is 2. The van der Waals surface area contributed by atoms with Crippen LogP contribution in [0.5, 0.6) is 0 Å². The van der Waals surface area contributed by atoms with E-state index in [9.17, 15) is 26.3 Å². The number of halogens is 6. The molecule has 0 aromatic rings. The minimum atomic E-state index is -4.36. The van der Waals surface area contributed by atoms with E-state index in [1.54, 1.807) is 0 Å². The molecule has 0 heterocycles. The Bertz CT molecular complexity index is 304. The zero-order valence-electron chi connectivity index (χ0n) is 9.67. The third-order valence-corrected chi connectivity index (χ3v) is 3.91. The van der Waals surface area contributed by atoms with Crippen LogP contribution in [0, 0.1) is 5.92 Å². The number of alkyl halides is 6. The lowest BCUT2D eigenvalue weighted by Gasteiger charge is -2.34. The molecule has 2 atom stereocenters. The van der Waals surface area contributed by atoms with Crippen molar-refractivity contribution in [3.8, 4) is 0 Å². The number of hydrogen-bond donors (Lipinski definition) is 1. The first-order valence-corrected chi connectivity index (χ1v) is 6.05. The van der Waals surface area contributed by atoms with Gasteiger partial charge < -0.3 is 5.32 Å². The Morgan fingerprint density at radius 3 is 2.00 bits per heavy atom. The Morgan fingerprint density at radius 1 is 0.944 bits per heavy atom. The largest absolute Gasteiger partial charge is 0.406 e. The Hall–Kier alpha value is -0.460. The third kappa shape index (κ3) is 2.75. The summed E-state index contributed by atoms with van der Waals surface area (Å²) < 4.78 is 75.7. The highest BCUT2D eigenvalue weighted by molar-refractivity contribution is 5.09. The molecule has 0 spiro atoms. The molecule has 7 heteroatoms. The molecule has 2 unspecified atom stereocenters. The van der Waals surface area contributed by atoms with Crippen molar-refractivity contribution in [2.75, 3.05) is 0 Å². The average molecular weight is 275 g/mol. The van der Waals surface area contributed by atoms with Crippen molar-refractivity contribution in [1.29, 1.82) is 0 Å². The summed E-state index contributed by atoms with van der Waals surface area (Å²) in [5.74, 6) is -1.47. The van der Waals surface area contributed by atoms with Gasteiger partial charge in [0.25, 0.3) is 0 Å². The van der Waals surface area contributed by atoms with Gasteiger partial charge in [0.05, 0.1) is 5.92 Å². The Morgan fingerprint density at radius 2 is 1.56 bits per heavy atom. The van der Waals surface area contributed by atoms with Crippen molar-refractivity contribution in [2.24, 2.45) is 5.92 Å². The van der Waals surface area contributed by atoms with Crippen LogP contribution in [0.2, 0.25) is 0 Å². The molecule has 0 aromatic heterocycles. The average Bonchev–Trinajstić information content (AvgIpc) is 2.97. The van der Waals surface area contributed by atoms with Crippen LogP contribution in [-0.4, -0.2) is 23.9 Å². The van der Waals surface area contributed by atoms with E-state index in [0.29, 0.717) is 12.8 Å². The molecule has 1 nitrogen and oxygen atoms in total. The summed E-state index contributed by atoms with van der Waals surface area (Å²) in [6.45, 7) is 0. The smallest absolute Gasteiger partial charge is 0.301 e. The molecule has 18 heavy (non-hydrogen) atoms. The molecule has 0 aromatic carbocycles. The highest BCUT2D eigenvalue weighted by atomic mass is 19.4. The van der Waals surface area contributed by atoms with Crippen LogP contribution in [0.4, 0.5) is 26.3 Å². The van der Waals surface area contributed by atoms with Crippen molar-refractivity contribution < 1.29 is 26.3 Å². The highest BCUT2D eigenvalue weighted by Gasteiger charge is 2.64. The van der Waals surface area contributed by atoms with Gasteiger partial charge in [0, 0.05) is 6.04 Å². The Kier molecular flexibility index (Phi) is 3.32. The van der Waals surface area contributed by atoms with Crippen LogP contribution < -0.4 is 5.32 Å². The van der Waals surface area contributed by atoms with Gasteiger partial charge in [-0.1, -0.05) is 6.42 Å². The maximum atomic E-state index is 12.7. The van der Waals surface area contributed by atoms with Gasteiger partial charge in [-0.25, -0.2) is 0 Å². The van der Waals surface area contributed by atoms with Crippen LogP contribution in [0.25, 0.3) is 0 Å². The van der Waals surface area contributed by atoms with Gasteiger partial charge in [-0.05, 0) is 32.1 Å². The van der Waals surface area contributed by atoms with Crippen LogP contribution in [0.1, 0.15) is 38.5 Å². The van der Waals surface area contributed by atoms with Crippen molar-refractivity contribution in [3.63, 3.8) is 0 Å². The van der Waals surface area contributed by atoms with Crippen molar-refractivity contribution >= 4 is 0 Å². The minimum Gasteiger partial charge on any atom is -0.301 e. The van der Waals surface area contributed by atoms with Crippen LogP contribution >= 0.6 is 0 Å². The second-order valence-electron chi connectivity index (χ2n) is 5.33. The molecule has 0 aliphatic heterocycles. The van der Waals surface area contributed by atoms with Gasteiger partial charge in [-0.2, -0.15) is 26.3 Å². The summed E-state index contributed by atoms with van der Waals surface area (Å²) in [5.41, 5.74) is -1.91. The van der Waals surface area contributed by atoms with Crippen LogP contribution in [0.15, 0.2) is 0 Å². The van der Waals surface area contributed by atoms with Gasteiger partial charge in [-0.3, -0.25) is 0 Å². The first kappa shape index (κ1) is 14.0. The lowest BCUT2D eigenvalue weighted by atomic mass is 9.85. The lowest BCUT2D eigenvalue weighted by Crippen LogP contribution is -2.51. The third-order valence-electron chi connectivity index (χ3n) is 3.91. The van der Waals surface area contributed by atoms with Gasteiger partial charge in [0.15, 0.2) is 0 Å². The summed E-state index contributed by atoms with van der Waals surface area (Å²) >= 11 is 0. The summed E-state index contributed by atoms with van der Waals surface area (Å²) in [5, 5.41) is 2.42. The standard InChI is InChI=1S/C11H15F6N/c12-10(13,14)7-2-1-3-8(6-7)18-9(4-5-9)11(15,16)17/h7-8,18H,1-6H2. The highest BCUT2D eigenvalue weighted by Crippen LogP contribution is 2.50. The summed E-state index contributed by atoms with van der Waals surface area (Å²) in [4.78, 5) is 0. The van der Waals surface area contributed by atoms with E-state index in [2.05, 4.69) is 5.32 Å². The lowest BCUT2D eigenvalue weighted by molar-refractivity contribution is -0.188. The maximum absolute atomic E-state index is 12.7.